The fraction of sp³-hybridized carbons (Fsp3) is 0.222. The van der Waals surface area contributed by atoms with Crippen molar-refractivity contribution in [3.63, 3.8) is 0 Å². The molecule has 6 heteroatoms. The second-order valence-electron chi connectivity index (χ2n) is 2.85. The molecule has 0 atom stereocenters. The SMILES string of the molecule is NC(=O)CONCc1cc(F)ccc1O. The van der Waals surface area contributed by atoms with E-state index in [0.29, 0.717) is 5.56 Å². The highest BCUT2D eigenvalue weighted by atomic mass is 19.1. The van der Waals surface area contributed by atoms with Gasteiger partial charge in [-0.3, -0.25) is 9.63 Å². The minimum absolute atomic E-state index is 0.0495. The lowest BCUT2D eigenvalue weighted by Crippen LogP contribution is -2.24. The van der Waals surface area contributed by atoms with Gasteiger partial charge in [0.25, 0.3) is 0 Å². The Labute approximate surface area is 85.6 Å². The highest BCUT2D eigenvalue weighted by Crippen LogP contribution is 2.17. The number of phenols is 1. The Balaban J connectivity index is 2.43. The number of carbonyl (C=O) groups is 1. The van der Waals surface area contributed by atoms with Crippen molar-refractivity contribution in [2.75, 3.05) is 6.61 Å². The van der Waals surface area contributed by atoms with Gasteiger partial charge in [-0.2, -0.15) is 5.48 Å². The molecule has 0 aliphatic carbocycles. The second-order valence-corrected chi connectivity index (χ2v) is 2.85. The number of halogens is 1. The number of rotatable bonds is 5. The molecule has 0 saturated carbocycles. The molecule has 0 fully saturated rings. The van der Waals surface area contributed by atoms with Crippen LogP contribution in [0.15, 0.2) is 18.2 Å². The van der Waals surface area contributed by atoms with Gasteiger partial charge in [-0.25, -0.2) is 4.39 Å². The number of nitrogens with one attached hydrogen (secondary N) is 1. The van der Waals surface area contributed by atoms with Crippen LogP contribution in [0.5, 0.6) is 5.75 Å². The van der Waals surface area contributed by atoms with Crippen LogP contribution < -0.4 is 11.2 Å². The first-order valence-corrected chi connectivity index (χ1v) is 4.20. The van der Waals surface area contributed by atoms with Crippen molar-refractivity contribution in [3.8, 4) is 5.75 Å². The smallest absolute Gasteiger partial charge is 0.245 e. The largest absolute Gasteiger partial charge is 0.508 e. The van der Waals surface area contributed by atoms with Crippen LogP contribution in [0.2, 0.25) is 0 Å². The van der Waals surface area contributed by atoms with E-state index in [-0.39, 0.29) is 18.9 Å². The zero-order valence-electron chi connectivity index (χ0n) is 7.87. The van der Waals surface area contributed by atoms with E-state index in [1.165, 1.54) is 6.07 Å². The van der Waals surface area contributed by atoms with E-state index in [0.717, 1.165) is 12.1 Å². The third-order valence-corrected chi connectivity index (χ3v) is 1.62. The molecule has 5 nitrogen and oxygen atoms in total. The van der Waals surface area contributed by atoms with Crippen molar-refractivity contribution in [3.05, 3.63) is 29.6 Å². The number of amides is 1. The summed E-state index contributed by atoms with van der Waals surface area (Å²) in [5.41, 5.74) is 7.52. The first-order chi connectivity index (χ1) is 7.09. The van der Waals surface area contributed by atoms with Gasteiger partial charge in [0.05, 0.1) is 0 Å². The van der Waals surface area contributed by atoms with Gasteiger partial charge >= 0.3 is 0 Å². The maximum absolute atomic E-state index is 12.7. The van der Waals surface area contributed by atoms with E-state index < -0.39 is 11.7 Å². The van der Waals surface area contributed by atoms with Crippen LogP contribution in [0.25, 0.3) is 0 Å². The van der Waals surface area contributed by atoms with E-state index >= 15 is 0 Å². The number of phenolic OH excluding ortho intramolecular Hbond substituents is 1. The Bertz CT molecular complexity index is 357. The zero-order valence-corrected chi connectivity index (χ0v) is 7.87. The number of hydroxylamine groups is 1. The summed E-state index contributed by atoms with van der Waals surface area (Å²) < 4.78 is 12.7. The molecular formula is C9H11FN2O3. The van der Waals surface area contributed by atoms with Crippen LogP contribution >= 0.6 is 0 Å². The van der Waals surface area contributed by atoms with Crippen molar-refractivity contribution in [2.24, 2.45) is 5.73 Å². The molecule has 1 rings (SSSR count). The highest BCUT2D eigenvalue weighted by molar-refractivity contribution is 5.74. The van der Waals surface area contributed by atoms with Gasteiger partial charge in [0, 0.05) is 12.1 Å². The molecule has 0 saturated heterocycles. The average Bonchev–Trinajstić information content (AvgIpc) is 2.17. The molecule has 0 spiro atoms. The number of hydrogen-bond donors (Lipinski definition) is 3. The van der Waals surface area contributed by atoms with Gasteiger partial charge in [0.2, 0.25) is 5.91 Å². The van der Waals surface area contributed by atoms with Crippen molar-refractivity contribution < 1.29 is 19.1 Å². The Morgan fingerprint density at radius 3 is 3.00 bits per heavy atom. The summed E-state index contributed by atoms with van der Waals surface area (Å²) in [6.45, 7) is -0.201. The maximum Gasteiger partial charge on any atom is 0.245 e. The predicted molar refractivity (Wildman–Crippen MR) is 50.1 cm³/mol. The molecule has 0 radical (unpaired) electrons. The predicted octanol–water partition coefficient (Wildman–Crippen LogP) is 0.0378. The zero-order chi connectivity index (χ0) is 11.3. The number of carbonyl (C=O) groups excluding carboxylic acids is 1. The lowest BCUT2D eigenvalue weighted by Gasteiger charge is -2.06. The Morgan fingerprint density at radius 1 is 1.60 bits per heavy atom. The molecule has 1 aromatic carbocycles. The molecule has 0 aliphatic rings. The topological polar surface area (TPSA) is 84.6 Å². The van der Waals surface area contributed by atoms with Crippen LogP contribution in [0.3, 0.4) is 0 Å². The van der Waals surface area contributed by atoms with Gasteiger partial charge in [-0.05, 0) is 18.2 Å². The summed E-state index contributed by atoms with van der Waals surface area (Å²) in [6, 6.07) is 3.54. The molecular weight excluding hydrogens is 203 g/mol. The molecule has 0 aliphatic heterocycles. The number of nitrogens with two attached hydrogens (primary N) is 1. The first kappa shape index (κ1) is 11.4. The van der Waals surface area contributed by atoms with Crippen LogP contribution in [0, 0.1) is 5.82 Å². The molecule has 0 heterocycles. The molecule has 0 bridgehead atoms. The van der Waals surface area contributed by atoms with Crippen LogP contribution in [0.4, 0.5) is 4.39 Å². The third-order valence-electron chi connectivity index (χ3n) is 1.62. The highest BCUT2D eigenvalue weighted by Gasteiger charge is 2.02. The molecule has 4 N–H and O–H groups in total. The van der Waals surface area contributed by atoms with Gasteiger partial charge < -0.3 is 10.8 Å². The number of primary amides is 1. The molecule has 1 aromatic rings. The Kier molecular flexibility index (Phi) is 4.02. The van der Waals surface area contributed by atoms with Crippen molar-refractivity contribution in [2.45, 2.75) is 6.54 Å². The molecule has 82 valence electrons. The normalized spacial score (nSPS) is 10.2. The molecule has 1 amide bonds. The monoisotopic (exact) mass is 214 g/mol. The third kappa shape index (κ3) is 3.92. The number of aromatic hydroxyl groups is 1. The molecule has 15 heavy (non-hydrogen) atoms. The Morgan fingerprint density at radius 2 is 2.33 bits per heavy atom. The van der Waals surface area contributed by atoms with Crippen LogP contribution in [-0.4, -0.2) is 17.6 Å². The standard InChI is InChI=1S/C9H11FN2O3/c10-7-1-2-8(13)6(3-7)4-12-15-5-9(11)14/h1-3,12-13H,4-5H2,(H2,11,14). The van der Waals surface area contributed by atoms with Crippen molar-refractivity contribution in [1.82, 2.24) is 5.48 Å². The lowest BCUT2D eigenvalue weighted by atomic mass is 10.2. The van der Waals surface area contributed by atoms with Gasteiger partial charge in [-0.15, -0.1) is 0 Å². The second kappa shape index (κ2) is 5.28. The van der Waals surface area contributed by atoms with Gasteiger partial charge in [-0.1, -0.05) is 0 Å². The quantitative estimate of drug-likeness (QED) is 0.477. The van der Waals surface area contributed by atoms with E-state index in [9.17, 15) is 14.3 Å². The summed E-state index contributed by atoms with van der Waals surface area (Å²) in [4.78, 5) is 14.9. The molecule has 0 aromatic heterocycles. The summed E-state index contributed by atoms with van der Waals surface area (Å²) in [6.07, 6.45) is 0. The first-order valence-electron chi connectivity index (χ1n) is 4.20. The Hall–Kier alpha value is -1.66. The summed E-state index contributed by atoms with van der Waals surface area (Å²) in [7, 11) is 0. The van der Waals surface area contributed by atoms with E-state index in [1.54, 1.807) is 0 Å². The van der Waals surface area contributed by atoms with E-state index in [1.807, 2.05) is 0 Å². The van der Waals surface area contributed by atoms with Gasteiger partial charge in [0.1, 0.15) is 18.2 Å². The van der Waals surface area contributed by atoms with Crippen molar-refractivity contribution >= 4 is 5.91 Å². The minimum atomic E-state index is -0.619. The average molecular weight is 214 g/mol. The van der Waals surface area contributed by atoms with Crippen LogP contribution in [-0.2, 0) is 16.2 Å². The number of hydrogen-bond acceptors (Lipinski definition) is 4. The minimum Gasteiger partial charge on any atom is -0.508 e. The van der Waals surface area contributed by atoms with Gasteiger partial charge in [0.15, 0.2) is 0 Å². The summed E-state index contributed by atoms with van der Waals surface area (Å²) in [5, 5.41) is 9.29. The number of benzene rings is 1. The fourth-order valence-corrected chi connectivity index (χ4v) is 0.947. The molecule has 0 unspecified atom stereocenters. The van der Waals surface area contributed by atoms with Crippen LogP contribution in [0.1, 0.15) is 5.56 Å². The van der Waals surface area contributed by atoms with Crippen molar-refractivity contribution in [1.29, 1.82) is 0 Å². The summed E-state index contributed by atoms with van der Waals surface area (Å²) >= 11 is 0. The van der Waals surface area contributed by atoms with E-state index in [2.05, 4.69) is 10.3 Å². The van der Waals surface area contributed by atoms with E-state index in [4.69, 9.17) is 5.73 Å². The lowest BCUT2D eigenvalue weighted by molar-refractivity contribution is -0.125. The maximum atomic E-state index is 12.7. The summed E-state index contributed by atoms with van der Waals surface area (Å²) in [5.74, 6) is -1.13. The fourth-order valence-electron chi connectivity index (χ4n) is 0.947.